The Hall–Kier alpha value is -1.10. The molecule has 0 radical (unpaired) electrons. The summed E-state index contributed by atoms with van der Waals surface area (Å²) in [5.74, 6) is -0.504. The standard InChI is InChI=1S/C12H20N2O3/c1-8-3-6-13-9(8)10(15)14-7-12(11(16)17)4-2-5-12/h8-9,13H,2-7H2,1H3,(H,14,15)(H,16,17). The summed E-state index contributed by atoms with van der Waals surface area (Å²) in [6.45, 7) is 3.18. The van der Waals surface area contributed by atoms with Gasteiger partial charge in [-0.25, -0.2) is 0 Å². The zero-order valence-electron chi connectivity index (χ0n) is 10.2. The van der Waals surface area contributed by atoms with E-state index in [1.54, 1.807) is 0 Å². The monoisotopic (exact) mass is 240 g/mol. The number of hydrogen-bond donors (Lipinski definition) is 3. The van der Waals surface area contributed by atoms with E-state index in [9.17, 15) is 9.59 Å². The molecule has 2 aliphatic rings. The summed E-state index contributed by atoms with van der Waals surface area (Å²) in [7, 11) is 0. The highest BCUT2D eigenvalue weighted by molar-refractivity contribution is 5.83. The summed E-state index contributed by atoms with van der Waals surface area (Å²) in [5, 5.41) is 15.1. The largest absolute Gasteiger partial charge is 0.481 e. The maximum atomic E-state index is 11.9. The molecule has 0 aromatic carbocycles. The van der Waals surface area contributed by atoms with Gasteiger partial charge in [0.2, 0.25) is 5.91 Å². The number of hydrogen-bond acceptors (Lipinski definition) is 3. The highest BCUT2D eigenvalue weighted by Gasteiger charge is 2.45. The Morgan fingerprint density at radius 3 is 2.59 bits per heavy atom. The molecule has 1 aliphatic carbocycles. The summed E-state index contributed by atoms with van der Waals surface area (Å²) in [6.07, 6.45) is 3.30. The quantitative estimate of drug-likeness (QED) is 0.663. The molecule has 1 saturated heterocycles. The van der Waals surface area contributed by atoms with Crippen LogP contribution in [0.3, 0.4) is 0 Å². The van der Waals surface area contributed by atoms with Gasteiger partial charge in [-0.2, -0.15) is 0 Å². The normalized spacial score (nSPS) is 30.6. The number of rotatable bonds is 4. The Balaban J connectivity index is 1.85. The fourth-order valence-electron chi connectivity index (χ4n) is 2.62. The van der Waals surface area contributed by atoms with Gasteiger partial charge in [-0.15, -0.1) is 0 Å². The van der Waals surface area contributed by atoms with Crippen LogP contribution in [0.15, 0.2) is 0 Å². The molecule has 5 nitrogen and oxygen atoms in total. The number of carboxylic acid groups (broad SMARTS) is 1. The van der Waals surface area contributed by atoms with Crippen molar-refractivity contribution < 1.29 is 14.7 Å². The van der Waals surface area contributed by atoms with E-state index in [0.29, 0.717) is 18.8 Å². The van der Waals surface area contributed by atoms with Gasteiger partial charge in [0.05, 0.1) is 11.5 Å². The van der Waals surface area contributed by atoms with Crippen LogP contribution in [-0.2, 0) is 9.59 Å². The molecule has 1 saturated carbocycles. The highest BCUT2D eigenvalue weighted by Crippen LogP contribution is 2.40. The average Bonchev–Trinajstić information content (AvgIpc) is 2.62. The lowest BCUT2D eigenvalue weighted by Crippen LogP contribution is -2.51. The molecule has 0 bridgehead atoms. The molecule has 96 valence electrons. The molecule has 2 atom stereocenters. The second-order valence-electron chi connectivity index (χ2n) is 5.35. The third-order valence-electron chi connectivity index (χ3n) is 4.18. The Labute approximate surface area is 101 Å². The fourth-order valence-corrected chi connectivity index (χ4v) is 2.62. The number of carbonyl (C=O) groups is 2. The number of amides is 1. The Morgan fingerprint density at radius 1 is 1.47 bits per heavy atom. The Kier molecular flexibility index (Phi) is 3.38. The van der Waals surface area contributed by atoms with Gasteiger partial charge in [0.25, 0.3) is 0 Å². The van der Waals surface area contributed by atoms with Crippen molar-refractivity contribution in [1.29, 1.82) is 0 Å². The molecule has 17 heavy (non-hydrogen) atoms. The molecule has 5 heteroatoms. The molecular weight excluding hydrogens is 220 g/mol. The van der Waals surface area contributed by atoms with Crippen molar-refractivity contribution in [3.05, 3.63) is 0 Å². The molecular formula is C12H20N2O3. The Bertz CT molecular complexity index is 326. The van der Waals surface area contributed by atoms with Crippen molar-refractivity contribution in [3.8, 4) is 0 Å². The van der Waals surface area contributed by atoms with E-state index in [4.69, 9.17) is 5.11 Å². The first-order valence-corrected chi connectivity index (χ1v) is 6.30. The lowest BCUT2D eigenvalue weighted by molar-refractivity contribution is -0.154. The molecule has 3 N–H and O–H groups in total. The van der Waals surface area contributed by atoms with E-state index >= 15 is 0 Å². The van der Waals surface area contributed by atoms with Crippen LogP contribution >= 0.6 is 0 Å². The third-order valence-corrected chi connectivity index (χ3v) is 4.18. The predicted molar refractivity (Wildman–Crippen MR) is 62.5 cm³/mol. The second-order valence-corrected chi connectivity index (χ2v) is 5.35. The van der Waals surface area contributed by atoms with Crippen molar-refractivity contribution in [2.24, 2.45) is 11.3 Å². The number of aliphatic carboxylic acids is 1. The maximum absolute atomic E-state index is 11.9. The van der Waals surface area contributed by atoms with Crippen molar-refractivity contribution in [2.75, 3.05) is 13.1 Å². The molecule has 0 aromatic rings. The van der Waals surface area contributed by atoms with E-state index in [0.717, 1.165) is 19.4 Å². The number of nitrogens with one attached hydrogen (secondary N) is 2. The molecule has 1 heterocycles. The second kappa shape index (κ2) is 4.64. The molecule has 1 amide bonds. The lowest BCUT2D eigenvalue weighted by Gasteiger charge is -2.37. The predicted octanol–water partition coefficient (Wildman–Crippen LogP) is 0.355. The molecule has 2 rings (SSSR count). The first kappa shape index (κ1) is 12.4. The zero-order chi connectivity index (χ0) is 12.5. The summed E-state index contributed by atoms with van der Waals surface area (Å²) in [5.41, 5.74) is -0.697. The first-order valence-electron chi connectivity index (χ1n) is 6.30. The number of carboxylic acids is 1. The highest BCUT2D eigenvalue weighted by atomic mass is 16.4. The van der Waals surface area contributed by atoms with Crippen LogP contribution in [0.2, 0.25) is 0 Å². The summed E-state index contributed by atoms with van der Waals surface area (Å²) in [4.78, 5) is 23.0. The van der Waals surface area contributed by atoms with Crippen molar-refractivity contribution >= 4 is 11.9 Å². The van der Waals surface area contributed by atoms with E-state index in [-0.39, 0.29) is 18.5 Å². The summed E-state index contributed by atoms with van der Waals surface area (Å²) in [6, 6.07) is -0.152. The van der Waals surface area contributed by atoms with Gasteiger partial charge >= 0.3 is 5.97 Å². The maximum Gasteiger partial charge on any atom is 0.311 e. The van der Waals surface area contributed by atoms with Crippen LogP contribution < -0.4 is 10.6 Å². The van der Waals surface area contributed by atoms with Gasteiger partial charge in [0, 0.05) is 6.54 Å². The van der Waals surface area contributed by atoms with Crippen LogP contribution in [0, 0.1) is 11.3 Å². The third kappa shape index (κ3) is 2.29. The molecule has 0 spiro atoms. The van der Waals surface area contributed by atoms with E-state index in [2.05, 4.69) is 10.6 Å². The van der Waals surface area contributed by atoms with Crippen LogP contribution in [0.4, 0.5) is 0 Å². The topological polar surface area (TPSA) is 78.4 Å². The number of carbonyl (C=O) groups excluding carboxylic acids is 1. The van der Waals surface area contributed by atoms with Gasteiger partial charge in [-0.1, -0.05) is 13.3 Å². The zero-order valence-corrected chi connectivity index (χ0v) is 10.2. The van der Waals surface area contributed by atoms with Crippen LogP contribution in [-0.4, -0.2) is 36.1 Å². The van der Waals surface area contributed by atoms with Crippen molar-refractivity contribution in [3.63, 3.8) is 0 Å². The molecule has 1 aliphatic heterocycles. The summed E-state index contributed by atoms with van der Waals surface area (Å²) >= 11 is 0. The van der Waals surface area contributed by atoms with Gasteiger partial charge in [0.1, 0.15) is 0 Å². The Morgan fingerprint density at radius 2 is 2.18 bits per heavy atom. The van der Waals surface area contributed by atoms with Gasteiger partial charge in [-0.3, -0.25) is 9.59 Å². The minimum atomic E-state index is -0.781. The molecule has 0 aromatic heterocycles. The lowest BCUT2D eigenvalue weighted by atomic mass is 9.69. The van der Waals surface area contributed by atoms with Gasteiger partial charge < -0.3 is 15.7 Å². The van der Waals surface area contributed by atoms with Gasteiger partial charge in [-0.05, 0) is 31.7 Å². The van der Waals surface area contributed by atoms with Crippen molar-refractivity contribution in [1.82, 2.24) is 10.6 Å². The van der Waals surface area contributed by atoms with E-state index in [1.165, 1.54) is 0 Å². The molecule has 2 fully saturated rings. The first-order chi connectivity index (χ1) is 8.05. The van der Waals surface area contributed by atoms with Gasteiger partial charge in [0.15, 0.2) is 0 Å². The average molecular weight is 240 g/mol. The fraction of sp³-hybridized carbons (Fsp3) is 0.833. The smallest absolute Gasteiger partial charge is 0.311 e. The van der Waals surface area contributed by atoms with Crippen LogP contribution in [0.25, 0.3) is 0 Å². The van der Waals surface area contributed by atoms with E-state index in [1.807, 2.05) is 6.92 Å². The van der Waals surface area contributed by atoms with E-state index < -0.39 is 11.4 Å². The SMILES string of the molecule is CC1CCNC1C(=O)NCC1(C(=O)O)CCC1. The van der Waals surface area contributed by atoms with Crippen LogP contribution in [0.5, 0.6) is 0 Å². The molecule has 2 unspecified atom stereocenters. The summed E-state index contributed by atoms with van der Waals surface area (Å²) < 4.78 is 0. The van der Waals surface area contributed by atoms with Crippen molar-refractivity contribution in [2.45, 2.75) is 38.6 Å². The van der Waals surface area contributed by atoms with Crippen LogP contribution in [0.1, 0.15) is 32.6 Å². The minimum absolute atomic E-state index is 0.0532. The minimum Gasteiger partial charge on any atom is -0.481 e.